The molecule has 0 saturated heterocycles. The molecule has 0 heterocycles. The Bertz CT molecular complexity index is 1020. The molecule has 4 bridgehead atoms. The van der Waals surface area contributed by atoms with Crippen LogP contribution >= 0.6 is 0 Å². The van der Waals surface area contributed by atoms with Gasteiger partial charge < -0.3 is 19.7 Å². The Hall–Kier alpha value is -2.95. The molecule has 0 radical (unpaired) electrons. The molecule has 0 atom stereocenters. The van der Waals surface area contributed by atoms with Crippen molar-refractivity contribution in [1.82, 2.24) is 0 Å². The molecule has 2 aromatic rings. The molecular formula is C27H29O5-. The Morgan fingerprint density at radius 1 is 1.00 bits per heavy atom. The van der Waals surface area contributed by atoms with E-state index < -0.39 is 5.97 Å². The molecule has 0 aliphatic heterocycles. The van der Waals surface area contributed by atoms with E-state index in [1.54, 1.807) is 32.4 Å². The third-order valence-electron chi connectivity index (χ3n) is 7.82. The van der Waals surface area contributed by atoms with E-state index in [0.717, 1.165) is 59.8 Å². The molecule has 6 rings (SSSR count). The average Bonchev–Trinajstić information content (AvgIpc) is 2.76. The maximum atomic E-state index is 13.1. The van der Waals surface area contributed by atoms with Crippen molar-refractivity contribution in [3.63, 3.8) is 0 Å². The minimum absolute atomic E-state index is 0.00643. The van der Waals surface area contributed by atoms with Gasteiger partial charge in [0.2, 0.25) is 0 Å². The maximum Gasteiger partial charge on any atom is 0.328 e. The highest BCUT2D eigenvalue weighted by Crippen LogP contribution is 2.62. The highest BCUT2D eigenvalue weighted by Gasteiger charge is 2.51. The molecule has 5 nitrogen and oxygen atoms in total. The van der Waals surface area contributed by atoms with Crippen molar-refractivity contribution in [2.45, 2.75) is 43.9 Å². The Balaban J connectivity index is 1.60. The zero-order valence-electron chi connectivity index (χ0n) is 18.6. The summed E-state index contributed by atoms with van der Waals surface area (Å²) < 4.78 is 11.3. The van der Waals surface area contributed by atoms with E-state index in [9.17, 15) is 9.90 Å². The number of benzene rings is 2. The largest absolute Gasteiger partial charge is 0.872 e. The summed E-state index contributed by atoms with van der Waals surface area (Å²) in [4.78, 5) is 10.9. The number of aliphatic carboxylic acids is 1. The van der Waals surface area contributed by atoms with Crippen molar-refractivity contribution in [3.05, 3.63) is 47.5 Å². The van der Waals surface area contributed by atoms with Crippen LogP contribution in [0.15, 0.2) is 36.4 Å². The van der Waals surface area contributed by atoms with Crippen LogP contribution in [0.5, 0.6) is 17.2 Å². The fraction of sp³-hybridized carbons (Fsp3) is 0.444. The number of hydrogen-bond acceptors (Lipinski definition) is 4. The minimum Gasteiger partial charge on any atom is -0.872 e. The van der Waals surface area contributed by atoms with E-state index in [1.807, 2.05) is 6.07 Å². The van der Waals surface area contributed by atoms with Crippen molar-refractivity contribution in [3.8, 4) is 28.4 Å². The number of ether oxygens (including phenoxy) is 2. The number of methoxy groups -OCH3 is 2. The summed E-state index contributed by atoms with van der Waals surface area (Å²) in [5.41, 5.74) is 3.32. The first-order valence-corrected chi connectivity index (χ1v) is 11.4. The van der Waals surface area contributed by atoms with Gasteiger partial charge >= 0.3 is 5.97 Å². The Labute approximate surface area is 188 Å². The van der Waals surface area contributed by atoms with E-state index >= 15 is 0 Å². The molecule has 1 N–H and O–H groups in total. The minimum atomic E-state index is -1.02. The van der Waals surface area contributed by atoms with Gasteiger partial charge in [0.15, 0.2) is 0 Å². The van der Waals surface area contributed by atoms with Crippen LogP contribution < -0.4 is 14.6 Å². The summed E-state index contributed by atoms with van der Waals surface area (Å²) >= 11 is 0. The molecule has 4 saturated carbocycles. The van der Waals surface area contributed by atoms with Gasteiger partial charge in [-0.25, -0.2) is 4.79 Å². The lowest BCUT2D eigenvalue weighted by Gasteiger charge is -2.58. The molecule has 0 amide bonds. The predicted octanol–water partition coefficient (Wildman–Crippen LogP) is 5.01. The first-order valence-electron chi connectivity index (χ1n) is 11.4. The van der Waals surface area contributed by atoms with E-state index in [2.05, 4.69) is 6.07 Å². The number of carbonyl (C=O) groups is 1. The molecule has 4 fully saturated rings. The first-order chi connectivity index (χ1) is 15.4. The lowest BCUT2D eigenvalue weighted by Crippen LogP contribution is -2.48. The quantitative estimate of drug-likeness (QED) is 0.648. The van der Waals surface area contributed by atoms with Gasteiger partial charge in [-0.1, -0.05) is 18.2 Å². The molecule has 168 valence electrons. The molecule has 0 spiro atoms. The molecule has 5 heteroatoms. The lowest BCUT2D eigenvalue weighted by molar-refractivity contribution is -0.271. The molecular weight excluding hydrogens is 404 g/mol. The predicted molar refractivity (Wildman–Crippen MR) is 121 cm³/mol. The van der Waals surface area contributed by atoms with Crippen LogP contribution in [0.2, 0.25) is 0 Å². The average molecular weight is 434 g/mol. The van der Waals surface area contributed by atoms with Crippen molar-refractivity contribution in [2.75, 3.05) is 14.2 Å². The van der Waals surface area contributed by atoms with E-state index in [-0.39, 0.29) is 11.2 Å². The van der Waals surface area contributed by atoms with Crippen LogP contribution in [0.3, 0.4) is 0 Å². The molecule has 4 aliphatic carbocycles. The Morgan fingerprint density at radius 3 is 2.06 bits per heavy atom. The van der Waals surface area contributed by atoms with Gasteiger partial charge in [0.05, 0.1) is 19.8 Å². The highest BCUT2D eigenvalue weighted by molar-refractivity contribution is 5.87. The Kier molecular flexibility index (Phi) is 5.15. The molecule has 32 heavy (non-hydrogen) atoms. The summed E-state index contributed by atoms with van der Waals surface area (Å²) in [5.74, 6) is 2.57. The van der Waals surface area contributed by atoms with Crippen LogP contribution in [-0.2, 0) is 10.2 Å². The summed E-state index contributed by atoms with van der Waals surface area (Å²) in [6.07, 6.45) is 9.99. The molecule has 2 aromatic carbocycles. The molecule has 0 aromatic heterocycles. The fourth-order valence-electron chi connectivity index (χ4n) is 7.02. The van der Waals surface area contributed by atoms with Gasteiger partial charge in [-0.05, 0) is 96.6 Å². The highest BCUT2D eigenvalue weighted by atomic mass is 16.5. The van der Waals surface area contributed by atoms with E-state index in [0.29, 0.717) is 17.1 Å². The van der Waals surface area contributed by atoms with Gasteiger partial charge in [-0.2, -0.15) is 0 Å². The lowest BCUT2D eigenvalue weighted by atomic mass is 9.48. The number of carboxylic acids is 1. The monoisotopic (exact) mass is 433 g/mol. The normalized spacial score (nSPS) is 28.2. The third kappa shape index (κ3) is 3.54. The SMILES string of the molecule is COc1cc(/C=C/C(=O)O)cc(OC)c1-c1ccc([O-])c(C23CC4CC(CC(C4)C2)C3)c1. The van der Waals surface area contributed by atoms with E-state index in [1.165, 1.54) is 25.3 Å². The van der Waals surface area contributed by atoms with Gasteiger partial charge in [0.25, 0.3) is 0 Å². The second kappa shape index (κ2) is 7.88. The second-order valence-electron chi connectivity index (χ2n) is 9.88. The van der Waals surface area contributed by atoms with Crippen LogP contribution in [0, 0.1) is 17.8 Å². The van der Waals surface area contributed by atoms with Crippen LogP contribution in [-0.4, -0.2) is 25.3 Å². The van der Waals surface area contributed by atoms with Crippen molar-refractivity contribution >= 4 is 12.0 Å². The topological polar surface area (TPSA) is 78.8 Å². The first kappa shape index (κ1) is 20.9. The van der Waals surface area contributed by atoms with Crippen LogP contribution in [0.1, 0.15) is 49.7 Å². The van der Waals surface area contributed by atoms with Crippen molar-refractivity contribution in [2.24, 2.45) is 17.8 Å². The number of carboxylic acid groups (broad SMARTS) is 1. The van der Waals surface area contributed by atoms with E-state index in [4.69, 9.17) is 14.6 Å². The van der Waals surface area contributed by atoms with Gasteiger partial charge in [0.1, 0.15) is 11.5 Å². The fourth-order valence-corrected chi connectivity index (χ4v) is 7.02. The van der Waals surface area contributed by atoms with Gasteiger partial charge in [-0.15, -0.1) is 5.75 Å². The summed E-state index contributed by atoms with van der Waals surface area (Å²) in [6.45, 7) is 0. The summed E-state index contributed by atoms with van der Waals surface area (Å²) in [5, 5.41) is 22.1. The van der Waals surface area contributed by atoms with Crippen LogP contribution in [0.4, 0.5) is 0 Å². The van der Waals surface area contributed by atoms with Crippen LogP contribution in [0.25, 0.3) is 17.2 Å². The van der Waals surface area contributed by atoms with Crippen molar-refractivity contribution < 1.29 is 24.5 Å². The summed E-state index contributed by atoms with van der Waals surface area (Å²) in [6, 6.07) is 9.21. The maximum absolute atomic E-state index is 13.1. The molecule has 0 unspecified atom stereocenters. The Morgan fingerprint density at radius 2 is 1.56 bits per heavy atom. The number of rotatable bonds is 6. The van der Waals surface area contributed by atoms with Crippen molar-refractivity contribution in [1.29, 1.82) is 0 Å². The van der Waals surface area contributed by atoms with Gasteiger partial charge in [-0.3, -0.25) is 0 Å². The second-order valence-corrected chi connectivity index (χ2v) is 9.88. The zero-order valence-corrected chi connectivity index (χ0v) is 18.6. The standard InChI is InChI=1S/C27H30O5/c1-31-23-10-16(3-6-25(29)30)11-24(32-2)26(23)20-4-5-22(28)21(12-20)27-13-17-7-18(14-27)9-19(8-17)15-27/h3-6,10-12,17-19,28H,7-9,13-15H2,1-2H3,(H,29,30)/p-1/b6-3+. The number of hydrogen-bond donors (Lipinski definition) is 1. The molecule has 4 aliphatic rings. The third-order valence-corrected chi connectivity index (χ3v) is 7.82. The smallest absolute Gasteiger partial charge is 0.328 e. The van der Waals surface area contributed by atoms with Gasteiger partial charge in [0, 0.05) is 6.08 Å². The zero-order chi connectivity index (χ0) is 22.5. The summed E-state index contributed by atoms with van der Waals surface area (Å²) in [7, 11) is 3.18.